The molecule has 1 heterocycles. The van der Waals surface area contributed by atoms with Crippen molar-refractivity contribution in [1.29, 1.82) is 5.41 Å². The average Bonchev–Trinajstić information content (AvgIpc) is 2.65. The molecule has 1 aromatic rings. The summed E-state index contributed by atoms with van der Waals surface area (Å²) in [4.78, 5) is 32.4. The van der Waals surface area contributed by atoms with Gasteiger partial charge in [-0.1, -0.05) is 0 Å². The van der Waals surface area contributed by atoms with Gasteiger partial charge in [-0.2, -0.15) is 4.98 Å². The van der Waals surface area contributed by atoms with E-state index in [-0.39, 0.29) is 36.5 Å². The third-order valence-electron chi connectivity index (χ3n) is 3.81. The maximum atomic E-state index is 12.3. The van der Waals surface area contributed by atoms with Gasteiger partial charge < -0.3 is 24.9 Å². The summed E-state index contributed by atoms with van der Waals surface area (Å²) in [6.07, 6.45) is 1.69. The summed E-state index contributed by atoms with van der Waals surface area (Å²) in [7, 11) is 1.43. The van der Waals surface area contributed by atoms with Crippen molar-refractivity contribution >= 4 is 35.4 Å². The number of hydrogen-bond donors (Lipinski definition) is 2. The second-order valence-electron chi connectivity index (χ2n) is 5.71. The number of rotatable bonds is 11. The minimum absolute atomic E-state index is 0.0342. The molecule has 150 valence electrons. The Bertz CT molecular complexity index is 666. The second-order valence-corrected chi connectivity index (χ2v) is 6.05. The molecule has 1 rings (SSSR count). The van der Waals surface area contributed by atoms with Crippen LogP contribution in [0.5, 0.6) is 5.88 Å². The molecule has 9 nitrogen and oxygen atoms in total. The molecule has 27 heavy (non-hydrogen) atoms. The monoisotopic (exact) mass is 400 g/mol. The molecule has 0 aliphatic carbocycles. The number of carbonyl (C=O) groups is 2. The Balaban J connectivity index is 2.84. The van der Waals surface area contributed by atoms with E-state index in [2.05, 4.69) is 15.3 Å². The van der Waals surface area contributed by atoms with E-state index in [1.165, 1.54) is 14.0 Å². The SMILES string of the molecule is CCOC(=O)C(C)(CCCNc1c(C=N)nc(Cl)nc1OC)C(=O)OCC. The number of halogens is 1. The van der Waals surface area contributed by atoms with E-state index in [4.69, 9.17) is 31.2 Å². The van der Waals surface area contributed by atoms with Crippen LogP contribution in [0.1, 0.15) is 39.3 Å². The van der Waals surface area contributed by atoms with Crippen molar-refractivity contribution in [2.24, 2.45) is 5.41 Å². The highest BCUT2D eigenvalue weighted by molar-refractivity contribution is 6.28. The van der Waals surface area contributed by atoms with E-state index in [0.29, 0.717) is 18.7 Å². The fraction of sp³-hybridized carbons (Fsp3) is 0.588. The zero-order chi connectivity index (χ0) is 20.4. The van der Waals surface area contributed by atoms with Crippen molar-refractivity contribution in [2.45, 2.75) is 33.6 Å². The van der Waals surface area contributed by atoms with Crippen LogP contribution in [-0.4, -0.2) is 55.0 Å². The lowest BCUT2D eigenvalue weighted by Crippen LogP contribution is -2.39. The van der Waals surface area contributed by atoms with Gasteiger partial charge in [0, 0.05) is 12.8 Å². The van der Waals surface area contributed by atoms with Crippen LogP contribution in [0, 0.1) is 10.8 Å². The lowest BCUT2D eigenvalue weighted by molar-refractivity contribution is -0.171. The molecule has 0 amide bonds. The fourth-order valence-corrected chi connectivity index (χ4v) is 2.54. The first-order valence-electron chi connectivity index (χ1n) is 8.54. The van der Waals surface area contributed by atoms with Gasteiger partial charge in [0.2, 0.25) is 11.2 Å². The molecule has 1 aromatic heterocycles. The molecule has 0 aliphatic heterocycles. The quantitative estimate of drug-likeness (QED) is 0.191. The predicted molar refractivity (Wildman–Crippen MR) is 101 cm³/mol. The van der Waals surface area contributed by atoms with Gasteiger partial charge in [-0.15, -0.1) is 0 Å². The number of aromatic nitrogens is 2. The second kappa shape index (κ2) is 10.7. The maximum absolute atomic E-state index is 12.3. The van der Waals surface area contributed by atoms with Gasteiger partial charge in [0.15, 0.2) is 5.41 Å². The Hall–Kier alpha value is -2.42. The third-order valence-corrected chi connectivity index (χ3v) is 3.98. The molecule has 0 aromatic carbocycles. The van der Waals surface area contributed by atoms with Crippen molar-refractivity contribution in [2.75, 3.05) is 32.2 Å². The number of methoxy groups -OCH3 is 1. The Kier molecular flexibility index (Phi) is 8.93. The molecule has 0 saturated carbocycles. The van der Waals surface area contributed by atoms with Gasteiger partial charge in [-0.05, 0) is 45.2 Å². The van der Waals surface area contributed by atoms with Gasteiger partial charge in [-0.3, -0.25) is 9.59 Å². The number of ether oxygens (including phenoxy) is 3. The third kappa shape index (κ3) is 5.78. The summed E-state index contributed by atoms with van der Waals surface area (Å²) < 4.78 is 15.2. The first-order valence-corrected chi connectivity index (χ1v) is 8.92. The largest absolute Gasteiger partial charge is 0.479 e. The highest BCUT2D eigenvalue weighted by Gasteiger charge is 2.43. The Morgan fingerprint density at radius 2 is 1.81 bits per heavy atom. The first kappa shape index (κ1) is 22.6. The van der Waals surface area contributed by atoms with Crippen LogP contribution >= 0.6 is 11.6 Å². The van der Waals surface area contributed by atoms with Gasteiger partial charge in [0.1, 0.15) is 11.4 Å². The van der Waals surface area contributed by atoms with E-state index in [1.807, 2.05) is 0 Å². The smallest absolute Gasteiger partial charge is 0.323 e. The number of carbonyl (C=O) groups excluding carboxylic acids is 2. The van der Waals surface area contributed by atoms with Crippen LogP contribution in [0.2, 0.25) is 5.28 Å². The number of nitrogens with one attached hydrogen (secondary N) is 2. The zero-order valence-corrected chi connectivity index (χ0v) is 16.7. The molecule has 10 heteroatoms. The molecule has 0 aliphatic rings. The molecule has 0 unspecified atom stereocenters. The Morgan fingerprint density at radius 1 is 1.22 bits per heavy atom. The average molecular weight is 401 g/mol. The molecule has 0 atom stereocenters. The van der Waals surface area contributed by atoms with Gasteiger partial charge in [-0.25, -0.2) is 4.98 Å². The minimum atomic E-state index is -1.39. The van der Waals surface area contributed by atoms with Crippen molar-refractivity contribution in [1.82, 2.24) is 9.97 Å². The van der Waals surface area contributed by atoms with Crippen molar-refractivity contribution in [3.8, 4) is 5.88 Å². The molecule has 0 saturated heterocycles. The van der Waals surface area contributed by atoms with Crippen LogP contribution < -0.4 is 10.1 Å². The lowest BCUT2D eigenvalue weighted by atomic mass is 9.85. The Morgan fingerprint density at radius 3 is 2.30 bits per heavy atom. The Labute approximate surface area is 163 Å². The van der Waals surface area contributed by atoms with Crippen molar-refractivity contribution in [3.63, 3.8) is 0 Å². The fourth-order valence-electron chi connectivity index (χ4n) is 2.37. The summed E-state index contributed by atoms with van der Waals surface area (Å²) in [6.45, 7) is 5.59. The molecule has 0 fully saturated rings. The summed E-state index contributed by atoms with van der Waals surface area (Å²) in [6, 6.07) is 0. The number of nitrogens with zero attached hydrogens (tertiary/aromatic N) is 2. The van der Waals surface area contributed by atoms with Crippen LogP contribution in [0.4, 0.5) is 5.69 Å². The van der Waals surface area contributed by atoms with Crippen LogP contribution in [0.15, 0.2) is 0 Å². The normalized spacial score (nSPS) is 10.9. The maximum Gasteiger partial charge on any atom is 0.323 e. The molecule has 0 spiro atoms. The highest BCUT2D eigenvalue weighted by Crippen LogP contribution is 2.29. The summed E-state index contributed by atoms with van der Waals surface area (Å²) in [5.41, 5.74) is -0.713. The standard InChI is InChI=1S/C17H25ClN4O5/c1-5-26-14(23)17(3,15(24)27-6-2)8-7-9-20-12-11(10-19)21-16(18)22-13(12)25-4/h10,19-20H,5-9H2,1-4H3. The predicted octanol–water partition coefficient (Wildman–Crippen LogP) is 2.46. The topological polar surface area (TPSA) is 123 Å². The first-order chi connectivity index (χ1) is 12.8. The summed E-state index contributed by atoms with van der Waals surface area (Å²) >= 11 is 5.79. The number of anilines is 1. The number of esters is 2. The molecule has 0 radical (unpaired) electrons. The number of hydrogen-bond acceptors (Lipinski definition) is 9. The van der Waals surface area contributed by atoms with Crippen molar-refractivity contribution < 1.29 is 23.8 Å². The van der Waals surface area contributed by atoms with Crippen LogP contribution in [0.3, 0.4) is 0 Å². The van der Waals surface area contributed by atoms with Crippen molar-refractivity contribution in [3.05, 3.63) is 11.0 Å². The van der Waals surface area contributed by atoms with Gasteiger partial charge in [0.05, 0.1) is 20.3 Å². The van der Waals surface area contributed by atoms with E-state index in [9.17, 15) is 9.59 Å². The molecule has 0 bridgehead atoms. The van der Waals surface area contributed by atoms with E-state index >= 15 is 0 Å². The van der Waals surface area contributed by atoms with E-state index < -0.39 is 17.4 Å². The van der Waals surface area contributed by atoms with Gasteiger partial charge in [0.25, 0.3) is 0 Å². The van der Waals surface area contributed by atoms with Crippen LogP contribution in [0.25, 0.3) is 0 Å². The lowest BCUT2D eigenvalue weighted by Gasteiger charge is -2.25. The van der Waals surface area contributed by atoms with E-state index in [0.717, 1.165) is 6.21 Å². The molecular weight excluding hydrogens is 376 g/mol. The molecular formula is C17H25ClN4O5. The van der Waals surface area contributed by atoms with E-state index in [1.54, 1.807) is 13.8 Å². The summed E-state index contributed by atoms with van der Waals surface area (Å²) in [5, 5.41) is 10.5. The van der Waals surface area contributed by atoms with Crippen LogP contribution in [-0.2, 0) is 19.1 Å². The van der Waals surface area contributed by atoms with Gasteiger partial charge >= 0.3 is 11.9 Å². The highest BCUT2D eigenvalue weighted by atomic mass is 35.5. The zero-order valence-electron chi connectivity index (χ0n) is 15.9. The minimum Gasteiger partial charge on any atom is -0.479 e. The summed E-state index contributed by atoms with van der Waals surface area (Å²) in [5.74, 6) is -1.03. The molecule has 2 N–H and O–H groups in total.